The Bertz CT molecular complexity index is 473. The molecule has 2 aromatic rings. The Morgan fingerprint density at radius 2 is 2.19 bits per heavy atom. The first-order valence-corrected chi connectivity index (χ1v) is 5.16. The second-order valence-corrected chi connectivity index (χ2v) is 4.13. The highest BCUT2D eigenvalue weighted by Gasteiger charge is 2.18. The maximum atomic E-state index is 5.92. The molecule has 2 rings (SSSR count). The Labute approximate surface area is 93.4 Å². The van der Waals surface area contributed by atoms with Crippen molar-refractivity contribution in [3.63, 3.8) is 0 Å². The Morgan fingerprint density at radius 1 is 1.44 bits per heavy atom. The molecule has 2 aromatic heterocycles. The smallest absolute Gasteiger partial charge is 0.244 e. The van der Waals surface area contributed by atoms with Gasteiger partial charge in [0.2, 0.25) is 11.7 Å². The predicted molar refractivity (Wildman–Crippen MR) is 58.3 cm³/mol. The third kappa shape index (κ3) is 1.96. The van der Waals surface area contributed by atoms with Gasteiger partial charge in [0, 0.05) is 13.2 Å². The number of aromatic nitrogens is 4. The van der Waals surface area contributed by atoms with Gasteiger partial charge in [0.25, 0.3) is 0 Å². The van der Waals surface area contributed by atoms with Crippen LogP contribution in [0.3, 0.4) is 0 Å². The van der Waals surface area contributed by atoms with E-state index in [9.17, 15) is 0 Å². The SMILES string of the molecule is CC(C)C(N)c1nc(-c2cnn(C)c2)no1. The van der Waals surface area contributed by atoms with E-state index in [1.165, 1.54) is 0 Å². The van der Waals surface area contributed by atoms with Crippen molar-refractivity contribution in [1.29, 1.82) is 0 Å². The van der Waals surface area contributed by atoms with Gasteiger partial charge in [-0.25, -0.2) is 0 Å². The molecule has 0 fully saturated rings. The van der Waals surface area contributed by atoms with Crippen LogP contribution in [0.25, 0.3) is 11.4 Å². The first-order valence-electron chi connectivity index (χ1n) is 5.16. The summed E-state index contributed by atoms with van der Waals surface area (Å²) in [4.78, 5) is 4.26. The monoisotopic (exact) mass is 221 g/mol. The molecule has 86 valence electrons. The van der Waals surface area contributed by atoms with Gasteiger partial charge in [0.1, 0.15) is 0 Å². The largest absolute Gasteiger partial charge is 0.337 e. The van der Waals surface area contributed by atoms with Gasteiger partial charge in [0.15, 0.2) is 0 Å². The maximum absolute atomic E-state index is 5.92. The fraction of sp³-hybridized carbons (Fsp3) is 0.500. The molecule has 2 N–H and O–H groups in total. The fourth-order valence-electron chi connectivity index (χ4n) is 1.31. The van der Waals surface area contributed by atoms with Crippen molar-refractivity contribution in [2.45, 2.75) is 19.9 Å². The minimum absolute atomic E-state index is 0.224. The fourth-order valence-corrected chi connectivity index (χ4v) is 1.31. The Kier molecular flexibility index (Phi) is 2.74. The van der Waals surface area contributed by atoms with E-state index in [4.69, 9.17) is 10.3 Å². The zero-order valence-corrected chi connectivity index (χ0v) is 9.58. The maximum Gasteiger partial charge on any atom is 0.244 e. The molecule has 1 unspecified atom stereocenters. The Hall–Kier alpha value is -1.69. The lowest BCUT2D eigenvalue weighted by molar-refractivity contribution is 0.325. The van der Waals surface area contributed by atoms with Crippen molar-refractivity contribution >= 4 is 0 Å². The molecular weight excluding hydrogens is 206 g/mol. The summed E-state index contributed by atoms with van der Waals surface area (Å²) in [6.45, 7) is 4.03. The molecular formula is C10H15N5O. The van der Waals surface area contributed by atoms with Gasteiger partial charge in [0.05, 0.1) is 17.8 Å². The van der Waals surface area contributed by atoms with Crippen molar-refractivity contribution in [2.75, 3.05) is 0 Å². The summed E-state index contributed by atoms with van der Waals surface area (Å²) < 4.78 is 6.82. The molecule has 0 aromatic carbocycles. The van der Waals surface area contributed by atoms with Gasteiger partial charge < -0.3 is 10.3 Å². The molecule has 0 spiro atoms. The molecule has 2 heterocycles. The molecule has 0 aliphatic rings. The molecule has 6 nitrogen and oxygen atoms in total. The third-order valence-corrected chi connectivity index (χ3v) is 2.41. The number of hydrogen-bond acceptors (Lipinski definition) is 5. The van der Waals surface area contributed by atoms with Crippen LogP contribution in [0.1, 0.15) is 25.8 Å². The summed E-state index contributed by atoms with van der Waals surface area (Å²) in [5.74, 6) is 1.26. The van der Waals surface area contributed by atoms with E-state index in [1.807, 2.05) is 27.1 Å². The van der Waals surface area contributed by atoms with Crippen LogP contribution in [0, 0.1) is 5.92 Å². The van der Waals surface area contributed by atoms with E-state index >= 15 is 0 Å². The van der Waals surface area contributed by atoms with Gasteiger partial charge in [-0.2, -0.15) is 10.1 Å². The van der Waals surface area contributed by atoms with E-state index in [0.717, 1.165) is 5.56 Å². The van der Waals surface area contributed by atoms with E-state index in [-0.39, 0.29) is 12.0 Å². The number of rotatable bonds is 3. The summed E-state index contributed by atoms with van der Waals surface area (Å²) in [5.41, 5.74) is 6.74. The quantitative estimate of drug-likeness (QED) is 0.839. The van der Waals surface area contributed by atoms with Crippen molar-refractivity contribution in [3.05, 3.63) is 18.3 Å². The highest BCUT2D eigenvalue weighted by Crippen LogP contribution is 2.20. The minimum atomic E-state index is -0.224. The summed E-state index contributed by atoms with van der Waals surface area (Å²) >= 11 is 0. The molecule has 0 aliphatic carbocycles. The second kappa shape index (κ2) is 4.05. The van der Waals surface area contributed by atoms with Crippen LogP contribution in [0.4, 0.5) is 0 Å². The van der Waals surface area contributed by atoms with Crippen LogP contribution >= 0.6 is 0 Å². The zero-order valence-electron chi connectivity index (χ0n) is 9.58. The zero-order chi connectivity index (χ0) is 11.7. The average Bonchev–Trinajstić information content (AvgIpc) is 2.84. The molecule has 0 saturated heterocycles. The first-order chi connectivity index (χ1) is 7.58. The van der Waals surface area contributed by atoms with Gasteiger partial charge in [-0.3, -0.25) is 4.68 Å². The molecule has 0 bridgehead atoms. The summed E-state index contributed by atoms with van der Waals surface area (Å²) in [6, 6.07) is -0.224. The number of hydrogen-bond donors (Lipinski definition) is 1. The normalized spacial score (nSPS) is 13.3. The van der Waals surface area contributed by atoms with Crippen molar-refractivity contribution in [1.82, 2.24) is 19.9 Å². The molecule has 0 saturated carbocycles. The Balaban J connectivity index is 2.26. The molecule has 6 heteroatoms. The molecule has 0 amide bonds. The van der Waals surface area contributed by atoms with E-state index in [1.54, 1.807) is 10.9 Å². The van der Waals surface area contributed by atoms with Crippen LogP contribution in [0.2, 0.25) is 0 Å². The van der Waals surface area contributed by atoms with E-state index in [0.29, 0.717) is 11.7 Å². The number of aryl methyl sites for hydroxylation is 1. The van der Waals surface area contributed by atoms with Crippen LogP contribution in [0.15, 0.2) is 16.9 Å². The summed E-state index contributed by atoms with van der Waals surface area (Å²) in [7, 11) is 1.84. The molecule has 16 heavy (non-hydrogen) atoms. The Morgan fingerprint density at radius 3 is 2.75 bits per heavy atom. The number of nitrogens with two attached hydrogens (primary N) is 1. The lowest BCUT2D eigenvalue weighted by atomic mass is 10.1. The van der Waals surface area contributed by atoms with Crippen molar-refractivity contribution in [2.24, 2.45) is 18.7 Å². The molecule has 0 radical (unpaired) electrons. The summed E-state index contributed by atoms with van der Waals surface area (Å²) in [6.07, 6.45) is 3.52. The third-order valence-electron chi connectivity index (χ3n) is 2.41. The second-order valence-electron chi connectivity index (χ2n) is 4.13. The lowest BCUT2D eigenvalue weighted by Crippen LogP contribution is -2.16. The summed E-state index contributed by atoms with van der Waals surface area (Å²) in [5, 5.41) is 7.93. The topological polar surface area (TPSA) is 82.8 Å². The average molecular weight is 221 g/mol. The van der Waals surface area contributed by atoms with E-state index < -0.39 is 0 Å². The molecule has 0 aliphatic heterocycles. The van der Waals surface area contributed by atoms with Gasteiger partial charge in [-0.15, -0.1) is 0 Å². The van der Waals surface area contributed by atoms with Crippen LogP contribution < -0.4 is 5.73 Å². The van der Waals surface area contributed by atoms with Gasteiger partial charge in [-0.05, 0) is 5.92 Å². The number of nitrogens with zero attached hydrogens (tertiary/aromatic N) is 4. The van der Waals surface area contributed by atoms with Gasteiger partial charge in [-0.1, -0.05) is 19.0 Å². The highest BCUT2D eigenvalue weighted by atomic mass is 16.5. The van der Waals surface area contributed by atoms with E-state index in [2.05, 4.69) is 15.2 Å². The van der Waals surface area contributed by atoms with Crippen molar-refractivity contribution < 1.29 is 4.52 Å². The molecule has 1 atom stereocenters. The minimum Gasteiger partial charge on any atom is -0.337 e. The standard InChI is InChI=1S/C10H15N5O/c1-6(2)8(11)10-13-9(14-16-10)7-4-12-15(3)5-7/h4-6,8H,11H2,1-3H3. The first kappa shape index (κ1) is 10.8. The van der Waals surface area contributed by atoms with Crippen LogP contribution in [-0.2, 0) is 7.05 Å². The van der Waals surface area contributed by atoms with Crippen LogP contribution in [-0.4, -0.2) is 19.9 Å². The van der Waals surface area contributed by atoms with Crippen molar-refractivity contribution in [3.8, 4) is 11.4 Å². The van der Waals surface area contributed by atoms with Crippen LogP contribution in [0.5, 0.6) is 0 Å². The van der Waals surface area contributed by atoms with Gasteiger partial charge >= 0.3 is 0 Å². The lowest BCUT2D eigenvalue weighted by Gasteiger charge is -2.08. The highest BCUT2D eigenvalue weighted by molar-refractivity contribution is 5.51. The predicted octanol–water partition coefficient (Wildman–Crippen LogP) is 1.13.